The number of hydrogen-bond donors (Lipinski definition) is 1. The molecule has 6 heteroatoms. The molecule has 2 saturated heterocycles. The second-order valence-corrected chi connectivity index (χ2v) is 6.28. The molecule has 1 N–H and O–H groups in total. The molecule has 2 aliphatic rings. The summed E-state index contributed by atoms with van der Waals surface area (Å²) in [6.45, 7) is 5.51. The highest BCUT2D eigenvalue weighted by atomic mass is 16.5. The van der Waals surface area contributed by atoms with Crippen LogP contribution in [-0.4, -0.2) is 48.2 Å². The first-order chi connectivity index (χ1) is 10.7. The maximum absolute atomic E-state index is 12.2. The predicted molar refractivity (Wildman–Crippen MR) is 84.0 cm³/mol. The Morgan fingerprint density at radius 2 is 2.36 bits per heavy atom. The van der Waals surface area contributed by atoms with Gasteiger partial charge in [0.15, 0.2) is 0 Å². The first-order valence-corrected chi connectivity index (χ1v) is 8.20. The molecule has 2 atom stereocenters. The third kappa shape index (κ3) is 3.74. The number of piperidine rings is 1. The van der Waals surface area contributed by atoms with Crippen molar-refractivity contribution in [1.29, 1.82) is 0 Å². The van der Waals surface area contributed by atoms with Crippen molar-refractivity contribution in [2.75, 3.05) is 31.1 Å². The molecular formula is C16H24N4O2. The van der Waals surface area contributed by atoms with Gasteiger partial charge >= 0.3 is 0 Å². The first kappa shape index (κ1) is 15.2. The molecule has 3 heterocycles. The second-order valence-electron chi connectivity index (χ2n) is 6.28. The summed E-state index contributed by atoms with van der Waals surface area (Å²) >= 11 is 0. The van der Waals surface area contributed by atoms with E-state index in [4.69, 9.17) is 4.74 Å². The van der Waals surface area contributed by atoms with E-state index in [9.17, 15) is 4.79 Å². The van der Waals surface area contributed by atoms with Crippen LogP contribution in [0, 0.1) is 5.92 Å². The van der Waals surface area contributed by atoms with Crippen LogP contribution in [-0.2, 0) is 4.74 Å². The van der Waals surface area contributed by atoms with Crippen molar-refractivity contribution in [3.05, 3.63) is 18.0 Å². The molecule has 0 aliphatic carbocycles. The van der Waals surface area contributed by atoms with Gasteiger partial charge in [0, 0.05) is 32.4 Å². The molecule has 1 amide bonds. The Morgan fingerprint density at radius 1 is 1.45 bits per heavy atom. The average molecular weight is 304 g/mol. The molecule has 0 spiro atoms. The van der Waals surface area contributed by atoms with Gasteiger partial charge in [-0.1, -0.05) is 6.92 Å². The largest absolute Gasteiger partial charge is 0.376 e. The fourth-order valence-electron chi connectivity index (χ4n) is 3.10. The number of amides is 1. The van der Waals surface area contributed by atoms with Gasteiger partial charge in [-0.3, -0.25) is 4.79 Å². The molecule has 1 aromatic rings. The van der Waals surface area contributed by atoms with Crippen LogP contribution in [0.3, 0.4) is 0 Å². The molecule has 2 fully saturated rings. The molecule has 0 aromatic carbocycles. The summed E-state index contributed by atoms with van der Waals surface area (Å²) in [7, 11) is 0. The molecule has 0 saturated carbocycles. The number of anilines is 1. The Balaban J connectivity index is 1.61. The molecule has 2 unspecified atom stereocenters. The van der Waals surface area contributed by atoms with Crippen LogP contribution in [0.5, 0.6) is 0 Å². The minimum Gasteiger partial charge on any atom is -0.376 e. The van der Waals surface area contributed by atoms with Crippen molar-refractivity contribution in [3.63, 3.8) is 0 Å². The van der Waals surface area contributed by atoms with E-state index in [1.165, 1.54) is 6.42 Å². The van der Waals surface area contributed by atoms with Crippen LogP contribution in [0.15, 0.2) is 12.3 Å². The van der Waals surface area contributed by atoms with E-state index in [1.54, 1.807) is 12.3 Å². The molecule has 120 valence electrons. The van der Waals surface area contributed by atoms with Crippen LogP contribution < -0.4 is 10.2 Å². The zero-order valence-corrected chi connectivity index (χ0v) is 13.1. The van der Waals surface area contributed by atoms with E-state index in [0.29, 0.717) is 24.1 Å². The number of carbonyl (C=O) groups is 1. The van der Waals surface area contributed by atoms with Gasteiger partial charge in [0.2, 0.25) is 5.95 Å². The molecule has 6 nitrogen and oxygen atoms in total. The number of aromatic nitrogens is 2. The standard InChI is InChI=1S/C16H24N4O2/c1-12-4-2-8-20(11-12)16-17-7-6-14(19-16)15(21)18-10-13-5-3-9-22-13/h6-7,12-13H,2-5,8-11H2,1H3,(H,18,21). The Kier molecular flexibility index (Phi) is 4.87. The minimum atomic E-state index is -0.149. The van der Waals surface area contributed by atoms with Crippen LogP contribution in [0.1, 0.15) is 43.1 Å². The van der Waals surface area contributed by atoms with Crippen LogP contribution in [0.2, 0.25) is 0 Å². The summed E-state index contributed by atoms with van der Waals surface area (Å²) in [6.07, 6.45) is 6.31. The quantitative estimate of drug-likeness (QED) is 0.915. The van der Waals surface area contributed by atoms with Crippen LogP contribution in [0.4, 0.5) is 5.95 Å². The van der Waals surface area contributed by atoms with Crippen LogP contribution >= 0.6 is 0 Å². The summed E-state index contributed by atoms with van der Waals surface area (Å²) < 4.78 is 5.51. The van der Waals surface area contributed by atoms with Crippen molar-refractivity contribution < 1.29 is 9.53 Å². The van der Waals surface area contributed by atoms with E-state index in [0.717, 1.165) is 39.0 Å². The van der Waals surface area contributed by atoms with E-state index < -0.39 is 0 Å². The topological polar surface area (TPSA) is 67.4 Å². The Labute approximate surface area is 131 Å². The van der Waals surface area contributed by atoms with Gasteiger partial charge in [-0.05, 0) is 37.7 Å². The molecule has 1 aromatic heterocycles. The number of carbonyl (C=O) groups excluding carboxylic acids is 1. The highest BCUT2D eigenvalue weighted by molar-refractivity contribution is 5.92. The molecule has 3 rings (SSSR count). The second kappa shape index (κ2) is 7.05. The summed E-state index contributed by atoms with van der Waals surface area (Å²) in [5.41, 5.74) is 0.432. The van der Waals surface area contributed by atoms with Gasteiger partial charge in [0.25, 0.3) is 5.91 Å². The average Bonchev–Trinajstić information content (AvgIpc) is 3.06. The Bertz CT molecular complexity index is 517. The van der Waals surface area contributed by atoms with Gasteiger partial charge < -0.3 is 15.0 Å². The van der Waals surface area contributed by atoms with Gasteiger partial charge in [-0.15, -0.1) is 0 Å². The SMILES string of the molecule is CC1CCCN(c2nccc(C(=O)NCC3CCCO3)n2)C1. The number of nitrogens with zero attached hydrogens (tertiary/aromatic N) is 3. The smallest absolute Gasteiger partial charge is 0.270 e. The van der Waals surface area contributed by atoms with Crippen molar-refractivity contribution in [1.82, 2.24) is 15.3 Å². The summed E-state index contributed by atoms with van der Waals surface area (Å²) in [5.74, 6) is 1.16. The monoisotopic (exact) mass is 304 g/mol. The zero-order valence-electron chi connectivity index (χ0n) is 13.1. The van der Waals surface area contributed by atoms with Crippen LogP contribution in [0.25, 0.3) is 0 Å². The fraction of sp³-hybridized carbons (Fsp3) is 0.688. The van der Waals surface area contributed by atoms with E-state index in [2.05, 4.69) is 27.1 Å². The number of rotatable bonds is 4. The van der Waals surface area contributed by atoms with Crippen molar-refractivity contribution >= 4 is 11.9 Å². The highest BCUT2D eigenvalue weighted by Gasteiger charge is 2.20. The van der Waals surface area contributed by atoms with Gasteiger partial charge in [-0.2, -0.15) is 0 Å². The predicted octanol–water partition coefficient (Wildman–Crippen LogP) is 1.62. The third-order valence-corrected chi connectivity index (χ3v) is 4.33. The van der Waals surface area contributed by atoms with Gasteiger partial charge in [0.1, 0.15) is 5.69 Å². The lowest BCUT2D eigenvalue weighted by atomic mass is 10.0. The minimum absolute atomic E-state index is 0.146. The molecule has 0 bridgehead atoms. The Morgan fingerprint density at radius 3 is 3.14 bits per heavy atom. The summed E-state index contributed by atoms with van der Waals surface area (Å²) in [5, 5.41) is 2.91. The molecule has 22 heavy (non-hydrogen) atoms. The lowest BCUT2D eigenvalue weighted by Crippen LogP contribution is -2.36. The maximum atomic E-state index is 12.2. The summed E-state index contributed by atoms with van der Waals surface area (Å²) in [6, 6.07) is 1.67. The first-order valence-electron chi connectivity index (χ1n) is 8.20. The number of hydrogen-bond acceptors (Lipinski definition) is 5. The zero-order chi connectivity index (χ0) is 15.4. The van der Waals surface area contributed by atoms with Crippen molar-refractivity contribution in [3.8, 4) is 0 Å². The van der Waals surface area contributed by atoms with E-state index >= 15 is 0 Å². The molecular weight excluding hydrogens is 280 g/mol. The highest BCUT2D eigenvalue weighted by Crippen LogP contribution is 2.19. The molecule has 2 aliphatic heterocycles. The lowest BCUT2D eigenvalue weighted by Gasteiger charge is -2.30. The normalized spacial score (nSPS) is 25.2. The van der Waals surface area contributed by atoms with Crippen molar-refractivity contribution in [2.45, 2.75) is 38.7 Å². The van der Waals surface area contributed by atoms with Crippen molar-refractivity contribution in [2.24, 2.45) is 5.92 Å². The van der Waals surface area contributed by atoms with E-state index in [-0.39, 0.29) is 12.0 Å². The third-order valence-electron chi connectivity index (χ3n) is 4.33. The lowest BCUT2D eigenvalue weighted by molar-refractivity contribution is 0.0853. The Hall–Kier alpha value is -1.69. The van der Waals surface area contributed by atoms with Gasteiger partial charge in [0.05, 0.1) is 6.10 Å². The number of nitrogens with one attached hydrogen (secondary N) is 1. The van der Waals surface area contributed by atoms with Gasteiger partial charge in [-0.25, -0.2) is 9.97 Å². The van der Waals surface area contributed by atoms with E-state index in [1.807, 2.05) is 0 Å². The number of ether oxygens (including phenoxy) is 1. The fourth-order valence-corrected chi connectivity index (χ4v) is 3.10. The maximum Gasteiger partial charge on any atom is 0.270 e. The molecule has 0 radical (unpaired) electrons. The summed E-state index contributed by atoms with van der Waals surface area (Å²) in [4.78, 5) is 23.2.